The number of hydrogen-bond donors (Lipinski definition) is 1. The van der Waals surface area contributed by atoms with E-state index >= 15 is 0 Å². The van der Waals surface area contributed by atoms with Crippen molar-refractivity contribution in [2.75, 3.05) is 20.8 Å². The second-order valence-corrected chi connectivity index (χ2v) is 5.29. The zero-order valence-electron chi connectivity index (χ0n) is 14.1. The van der Waals surface area contributed by atoms with E-state index in [4.69, 9.17) is 14.2 Å². The predicted octanol–water partition coefficient (Wildman–Crippen LogP) is 3.51. The van der Waals surface area contributed by atoms with Crippen molar-refractivity contribution in [1.82, 2.24) is 0 Å². The van der Waals surface area contributed by atoms with Gasteiger partial charge in [-0.05, 0) is 48.7 Å². The summed E-state index contributed by atoms with van der Waals surface area (Å²) >= 11 is 0. The topological polar surface area (TPSA) is 65.0 Å². The lowest BCUT2D eigenvalue weighted by atomic mass is 9.91. The van der Waals surface area contributed by atoms with Gasteiger partial charge in [-0.15, -0.1) is 0 Å². The fraction of sp³-hybridized carbons (Fsp3) is 0.316. The van der Waals surface area contributed by atoms with Crippen LogP contribution in [0.3, 0.4) is 0 Å². The van der Waals surface area contributed by atoms with Crippen LogP contribution in [0.5, 0.6) is 17.2 Å². The van der Waals surface area contributed by atoms with Gasteiger partial charge in [0.25, 0.3) is 0 Å². The largest absolute Gasteiger partial charge is 0.494 e. The number of aliphatic carboxylic acids is 1. The van der Waals surface area contributed by atoms with Crippen molar-refractivity contribution < 1.29 is 24.1 Å². The summed E-state index contributed by atoms with van der Waals surface area (Å²) in [6.45, 7) is 2.48. The van der Waals surface area contributed by atoms with Gasteiger partial charge in [0.15, 0.2) is 11.5 Å². The standard InChI is InChI=1S/C19H22O5/c1-4-24-15-7-5-6-13(10-15)11-16(19(20)21)14-8-9-17(22-2)18(12-14)23-3/h5-10,12,16H,4,11H2,1-3H3,(H,20,21). The molecule has 2 rings (SSSR count). The van der Waals surface area contributed by atoms with Crippen LogP contribution in [0.15, 0.2) is 42.5 Å². The highest BCUT2D eigenvalue weighted by Crippen LogP contribution is 2.32. The van der Waals surface area contributed by atoms with E-state index in [9.17, 15) is 9.90 Å². The van der Waals surface area contributed by atoms with Crippen LogP contribution in [-0.4, -0.2) is 31.9 Å². The summed E-state index contributed by atoms with van der Waals surface area (Å²) in [6, 6.07) is 12.7. The molecule has 5 nitrogen and oxygen atoms in total. The van der Waals surface area contributed by atoms with Crippen LogP contribution in [0.4, 0.5) is 0 Å². The quantitative estimate of drug-likeness (QED) is 0.802. The van der Waals surface area contributed by atoms with E-state index in [-0.39, 0.29) is 0 Å². The number of hydrogen-bond acceptors (Lipinski definition) is 4. The number of benzene rings is 2. The summed E-state index contributed by atoms with van der Waals surface area (Å²) in [4.78, 5) is 11.8. The Bertz CT molecular complexity index is 696. The predicted molar refractivity (Wildman–Crippen MR) is 91.2 cm³/mol. The van der Waals surface area contributed by atoms with Gasteiger partial charge in [0.05, 0.1) is 26.7 Å². The number of ether oxygens (including phenoxy) is 3. The molecule has 2 aromatic rings. The van der Waals surface area contributed by atoms with Crippen LogP contribution in [0.25, 0.3) is 0 Å². The van der Waals surface area contributed by atoms with E-state index < -0.39 is 11.9 Å². The van der Waals surface area contributed by atoms with Crippen molar-refractivity contribution >= 4 is 5.97 Å². The number of methoxy groups -OCH3 is 2. The molecule has 1 N–H and O–H groups in total. The van der Waals surface area contributed by atoms with E-state index in [0.29, 0.717) is 30.1 Å². The van der Waals surface area contributed by atoms with Crippen molar-refractivity contribution in [2.45, 2.75) is 19.3 Å². The van der Waals surface area contributed by atoms with Gasteiger partial charge in [0, 0.05) is 0 Å². The number of rotatable bonds is 8. The Morgan fingerprint density at radius 2 is 1.83 bits per heavy atom. The smallest absolute Gasteiger partial charge is 0.311 e. The first kappa shape index (κ1) is 17.7. The summed E-state index contributed by atoms with van der Waals surface area (Å²) in [6.07, 6.45) is 0.367. The van der Waals surface area contributed by atoms with Crippen LogP contribution in [0.2, 0.25) is 0 Å². The SMILES string of the molecule is CCOc1cccc(CC(C(=O)O)c2ccc(OC)c(OC)c2)c1. The first-order chi connectivity index (χ1) is 11.6. The van der Waals surface area contributed by atoms with Crippen LogP contribution >= 0.6 is 0 Å². The zero-order valence-corrected chi connectivity index (χ0v) is 14.1. The molecule has 1 unspecified atom stereocenters. The van der Waals surface area contributed by atoms with Crippen LogP contribution in [0, 0.1) is 0 Å². The average molecular weight is 330 g/mol. The molecule has 1 atom stereocenters. The monoisotopic (exact) mass is 330 g/mol. The maximum atomic E-state index is 11.8. The Hall–Kier alpha value is -2.69. The molecule has 0 heterocycles. The lowest BCUT2D eigenvalue weighted by Gasteiger charge is -2.16. The molecule has 0 radical (unpaired) electrons. The Kier molecular flexibility index (Phi) is 6.07. The van der Waals surface area contributed by atoms with E-state index in [1.165, 1.54) is 7.11 Å². The molecule has 0 fully saturated rings. The third kappa shape index (κ3) is 4.19. The van der Waals surface area contributed by atoms with Gasteiger partial charge in [-0.25, -0.2) is 0 Å². The highest BCUT2D eigenvalue weighted by molar-refractivity contribution is 5.77. The molecule has 2 aromatic carbocycles. The highest BCUT2D eigenvalue weighted by atomic mass is 16.5. The van der Waals surface area contributed by atoms with Gasteiger partial charge < -0.3 is 19.3 Å². The van der Waals surface area contributed by atoms with Crippen molar-refractivity contribution in [2.24, 2.45) is 0 Å². The van der Waals surface area contributed by atoms with Crippen molar-refractivity contribution in [3.05, 3.63) is 53.6 Å². The third-order valence-electron chi connectivity index (χ3n) is 3.76. The molecule has 24 heavy (non-hydrogen) atoms. The van der Waals surface area contributed by atoms with E-state index in [2.05, 4.69) is 0 Å². The first-order valence-electron chi connectivity index (χ1n) is 7.75. The fourth-order valence-electron chi connectivity index (χ4n) is 2.58. The number of carbonyl (C=O) groups is 1. The molecule has 0 bridgehead atoms. The number of carboxylic acid groups (broad SMARTS) is 1. The second-order valence-electron chi connectivity index (χ2n) is 5.29. The van der Waals surface area contributed by atoms with Crippen molar-refractivity contribution in [3.8, 4) is 17.2 Å². The molecular weight excluding hydrogens is 308 g/mol. The Labute approximate surface area is 141 Å². The third-order valence-corrected chi connectivity index (χ3v) is 3.76. The van der Waals surface area contributed by atoms with Gasteiger partial charge >= 0.3 is 5.97 Å². The zero-order chi connectivity index (χ0) is 17.5. The lowest BCUT2D eigenvalue weighted by molar-refractivity contribution is -0.138. The van der Waals surface area contributed by atoms with Gasteiger partial charge in [0.2, 0.25) is 0 Å². The Balaban J connectivity index is 2.30. The Morgan fingerprint density at radius 1 is 1.08 bits per heavy atom. The van der Waals surface area contributed by atoms with Crippen LogP contribution in [0.1, 0.15) is 24.0 Å². The van der Waals surface area contributed by atoms with Gasteiger partial charge in [-0.3, -0.25) is 4.79 Å². The summed E-state index contributed by atoms with van der Waals surface area (Å²) in [7, 11) is 3.08. The van der Waals surface area contributed by atoms with E-state index in [1.807, 2.05) is 31.2 Å². The highest BCUT2D eigenvalue weighted by Gasteiger charge is 2.22. The minimum Gasteiger partial charge on any atom is -0.494 e. The minimum atomic E-state index is -0.885. The molecule has 0 spiro atoms. The molecule has 0 aromatic heterocycles. The number of carboxylic acids is 1. The molecular formula is C19H22O5. The molecule has 0 aliphatic rings. The fourth-order valence-corrected chi connectivity index (χ4v) is 2.58. The molecule has 128 valence electrons. The summed E-state index contributed by atoms with van der Waals surface area (Å²) in [5.41, 5.74) is 1.57. The minimum absolute atomic E-state index is 0.367. The second kappa shape index (κ2) is 8.24. The maximum absolute atomic E-state index is 11.8. The lowest BCUT2D eigenvalue weighted by Crippen LogP contribution is -2.14. The summed E-state index contributed by atoms with van der Waals surface area (Å²) in [5, 5.41) is 9.65. The molecule has 0 aliphatic carbocycles. The normalized spacial score (nSPS) is 11.6. The van der Waals surface area contributed by atoms with E-state index in [0.717, 1.165) is 11.3 Å². The molecule has 0 saturated carbocycles. The molecule has 5 heteroatoms. The summed E-state index contributed by atoms with van der Waals surface area (Å²) in [5.74, 6) is 0.269. The molecule has 0 amide bonds. The molecule has 0 aliphatic heterocycles. The van der Waals surface area contributed by atoms with Gasteiger partial charge in [-0.2, -0.15) is 0 Å². The van der Waals surface area contributed by atoms with Crippen LogP contribution < -0.4 is 14.2 Å². The average Bonchev–Trinajstić information content (AvgIpc) is 2.59. The van der Waals surface area contributed by atoms with Crippen molar-refractivity contribution in [1.29, 1.82) is 0 Å². The maximum Gasteiger partial charge on any atom is 0.311 e. The van der Waals surface area contributed by atoms with E-state index in [1.54, 1.807) is 25.3 Å². The first-order valence-corrected chi connectivity index (χ1v) is 7.75. The van der Waals surface area contributed by atoms with Gasteiger partial charge in [-0.1, -0.05) is 18.2 Å². The van der Waals surface area contributed by atoms with Crippen molar-refractivity contribution in [3.63, 3.8) is 0 Å². The Morgan fingerprint density at radius 3 is 2.46 bits per heavy atom. The summed E-state index contributed by atoms with van der Waals surface area (Å²) < 4.78 is 16.0. The van der Waals surface area contributed by atoms with Crippen LogP contribution in [-0.2, 0) is 11.2 Å². The molecule has 0 saturated heterocycles. The van der Waals surface area contributed by atoms with Gasteiger partial charge in [0.1, 0.15) is 5.75 Å².